The predicted molar refractivity (Wildman–Crippen MR) is 75.8 cm³/mol. The van der Waals surface area contributed by atoms with E-state index in [0.29, 0.717) is 12.0 Å². The molecular formula is C17H11FO2. The number of hydrogen-bond donors (Lipinski definition) is 0. The van der Waals surface area contributed by atoms with Gasteiger partial charge >= 0.3 is 0 Å². The minimum absolute atomic E-state index is 0.104. The summed E-state index contributed by atoms with van der Waals surface area (Å²) in [4.78, 5) is 10.6. The summed E-state index contributed by atoms with van der Waals surface area (Å²) in [7, 11) is 0. The fraction of sp³-hybridized carbons (Fsp3) is 0. The molecule has 0 amide bonds. The molecule has 0 bridgehead atoms. The molecule has 0 aliphatic rings. The Labute approximate surface area is 115 Å². The number of aldehydes is 1. The van der Waals surface area contributed by atoms with Crippen molar-refractivity contribution in [2.45, 2.75) is 0 Å². The van der Waals surface area contributed by atoms with E-state index in [1.807, 2.05) is 36.4 Å². The second-order valence-corrected chi connectivity index (χ2v) is 4.39. The van der Waals surface area contributed by atoms with Gasteiger partial charge in [-0.15, -0.1) is 0 Å². The smallest absolute Gasteiger partial charge is 0.166 e. The summed E-state index contributed by atoms with van der Waals surface area (Å²) in [6.45, 7) is 0. The molecule has 0 aliphatic carbocycles. The van der Waals surface area contributed by atoms with Gasteiger partial charge < -0.3 is 4.74 Å². The number of fused-ring (bicyclic) bond motifs is 1. The first-order chi connectivity index (χ1) is 9.78. The van der Waals surface area contributed by atoms with Gasteiger partial charge in [0.05, 0.1) is 0 Å². The van der Waals surface area contributed by atoms with Gasteiger partial charge in [-0.1, -0.05) is 36.4 Å². The molecule has 0 saturated heterocycles. The second-order valence-electron chi connectivity index (χ2n) is 4.39. The van der Waals surface area contributed by atoms with E-state index >= 15 is 0 Å². The van der Waals surface area contributed by atoms with Crippen molar-refractivity contribution in [2.75, 3.05) is 0 Å². The number of halogens is 1. The first-order valence-corrected chi connectivity index (χ1v) is 6.18. The molecule has 3 heteroatoms. The predicted octanol–water partition coefficient (Wildman–Crippen LogP) is 4.58. The van der Waals surface area contributed by atoms with Crippen molar-refractivity contribution >= 4 is 17.1 Å². The highest BCUT2D eigenvalue weighted by molar-refractivity contribution is 5.88. The Hall–Kier alpha value is -2.68. The van der Waals surface area contributed by atoms with Crippen LogP contribution < -0.4 is 4.74 Å². The summed E-state index contributed by atoms with van der Waals surface area (Å²) in [6.07, 6.45) is 0.602. The van der Waals surface area contributed by atoms with Gasteiger partial charge in [0, 0.05) is 10.9 Å². The van der Waals surface area contributed by atoms with Crippen LogP contribution >= 0.6 is 0 Å². The van der Waals surface area contributed by atoms with Gasteiger partial charge in [-0.2, -0.15) is 0 Å². The van der Waals surface area contributed by atoms with Crippen LogP contribution in [-0.4, -0.2) is 6.29 Å². The number of carbonyl (C=O) groups excluding carboxylic acids is 1. The molecule has 0 heterocycles. The molecule has 0 N–H and O–H groups in total. The third-order valence-electron chi connectivity index (χ3n) is 3.06. The minimum atomic E-state index is -0.553. The molecule has 3 rings (SSSR count). The number of carbonyl (C=O) groups is 1. The largest absolute Gasteiger partial charge is 0.454 e. The molecular weight excluding hydrogens is 255 g/mol. The Balaban J connectivity index is 2.03. The zero-order chi connectivity index (χ0) is 13.9. The van der Waals surface area contributed by atoms with Crippen molar-refractivity contribution in [1.82, 2.24) is 0 Å². The van der Waals surface area contributed by atoms with Crippen molar-refractivity contribution in [2.24, 2.45) is 0 Å². The van der Waals surface area contributed by atoms with Gasteiger partial charge in [0.25, 0.3) is 0 Å². The Morgan fingerprint density at radius 2 is 1.70 bits per heavy atom. The number of ether oxygens (including phenoxy) is 1. The third-order valence-corrected chi connectivity index (χ3v) is 3.06. The molecule has 20 heavy (non-hydrogen) atoms. The summed E-state index contributed by atoms with van der Waals surface area (Å²) in [6, 6.07) is 17.5. The van der Waals surface area contributed by atoms with E-state index in [4.69, 9.17) is 4.74 Å². The first-order valence-electron chi connectivity index (χ1n) is 6.18. The highest BCUT2D eigenvalue weighted by Crippen LogP contribution is 2.31. The topological polar surface area (TPSA) is 26.3 Å². The van der Waals surface area contributed by atoms with E-state index in [1.54, 1.807) is 6.07 Å². The lowest BCUT2D eigenvalue weighted by Crippen LogP contribution is -1.91. The average molecular weight is 266 g/mol. The van der Waals surface area contributed by atoms with Gasteiger partial charge in [0.2, 0.25) is 0 Å². The maximum Gasteiger partial charge on any atom is 0.166 e. The number of hydrogen-bond acceptors (Lipinski definition) is 2. The average Bonchev–Trinajstić information content (AvgIpc) is 2.49. The van der Waals surface area contributed by atoms with Gasteiger partial charge in [0.1, 0.15) is 12.0 Å². The van der Waals surface area contributed by atoms with Gasteiger partial charge in [0.15, 0.2) is 11.6 Å². The maximum absolute atomic E-state index is 13.8. The normalized spacial score (nSPS) is 10.4. The quantitative estimate of drug-likeness (QED) is 0.648. The minimum Gasteiger partial charge on any atom is -0.454 e. The first kappa shape index (κ1) is 12.4. The van der Waals surface area contributed by atoms with E-state index < -0.39 is 5.82 Å². The Bertz CT molecular complexity index is 776. The standard InChI is InChI=1S/C17H11FO2/c18-15-10-12(11-19)8-9-17(15)20-16-7-3-5-13-4-1-2-6-14(13)16/h1-11H. The van der Waals surface area contributed by atoms with Gasteiger partial charge in [-0.3, -0.25) is 4.79 Å². The van der Waals surface area contributed by atoms with Crippen LogP contribution in [0.1, 0.15) is 10.4 Å². The van der Waals surface area contributed by atoms with Crippen LogP contribution in [0, 0.1) is 5.82 Å². The molecule has 0 fully saturated rings. The lowest BCUT2D eigenvalue weighted by atomic mass is 10.1. The van der Waals surface area contributed by atoms with Crippen LogP contribution in [0.4, 0.5) is 4.39 Å². The third kappa shape index (κ3) is 2.26. The highest BCUT2D eigenvalue weighted by atomic mass is 19.1. The van der Waals surface area contributed by atoms with Crippen LogP contribution in [0.2, 0.25) is 0 Å². The molecule has 3 aromatic rings. The SMILES string of the molecule is O=Cc1ccc(Oc2cccc3ccccc23)c(F)c1. The molecule has 98 valence electrons. The molecule has 0 saturated carbocycles. The van der Waals surface area contributed by atoms with E-state index in [-0.39, 0.29) is 11.3 Å². The molecule has 0 unspecified atom stereocenters. The van der Waals surface area contributed by atoms with E-state index in [0.717, 1.165) is 16.8 Å². The summed E-state index contributed by atoms with van der Waals surface area (Å²) in [5.74, 6) is 0.135. The van der Waals surface area contributed by atoms with Crippen LogP contribution in [0.25, 0.3) is 10.8 Å². The highest BCUT2D eigenvalue weighted by Gasteiger charge is 2.08. The van der Waals surface area contributed by atoms with E-state index in [9.17, 15) is 9.18 Å². The number of rotatable bonds is 3. The van der Waals surface area contributed by atoms with Crippen molar-refractivity contribution in [3.63, 3.8) is 0 Å². The second kappa shape index (κ2) is 5.13. The Morgan fingerprint density at radius 1 is 0.900 bits per heavy atom. The van der Waals surface area contributed by atoms with Gasteiger partial charge in [-0.25, -0.2) is 4.39 Å². The molecule has 0 aliphatic heterocycles. The summed E-state index contributed by atoms with van der Waals surface area (Å²) < 4.78 is 19.5. The zero-order valence-electron chi connectivity index (χ0n) is 10.5. The maximum atomic E-state index is 13.8. The monoisotopic (exact) mass is 266 g/mol. The van der Waals surface area contributed by atoms with Crippen LogP contribution in [-0.2, 0) is 0 Å². The Morgan fingerprint density at radius 3 is 2.50 bits per heavy atom. The van der Waals surface area contributed by atoms with Crippen molar-refractivity contribution in [3.05, 3.63) is 72.0 Å². The molecule has 3 aromatic carbocycles. The van der Waals surface area contributed by atoms with Crippen molar-refractivity contribution in [3.8, 4) is 11.5 Å². The van der Waals surface area contributed by atoms with Crippen LogP contribution in [0.3, 0.4) is 0 Å². The van der Waals surface area contributed by atoms with Crippen LogP contribution in [0.15, 0.2) is 60.7 Å². The van der Waals surface area contributed by atoms with Crippen molar-refractivity contribution < 1.29 is 13.9 Å². The number of benzene rings is 3. The Kier molecular flexibility index (Phi) is 3.17. The lowest BCUT2D eigenvalue weighted by Gasteiger charge is -2.09. The summed E-state index contributed by atoms with van der Waals surface area (Å²) in [5, 5.41) is 1.93. The van der Waals surface area contributed by atoms with Crippen molar-refractivity contribution in [1.29, 1.82) is 0 Å². The molecule has 0 radical (unpaired) electrons. The van der Waals surface area contributed by atoms with Gasteiger partial charge in [-0.05, 0) is 29.7 Å². The summed E-state index contributed by atoms with van der Waals surface area (Å²) >= 11 is 0. The molecule has 2 nitrogen and oxygen atoms in total. The molecule has 0 aromatic heterocycles. The summed E-state index contributed by atoms with van der Waals surface area (Å²) in [5.41, 5.74) is 0.285. The molecule has 0 atom stereocenters. The van der Waals surface area contributed by atoms with E-state index in [1.165, 1.54) is 12.1 Å². The fourth-order valence-corrected chi connectivity index (χ4v) is 2.08. The lowest BCUT2D eigenvalue weighted by molar-refractivity contribution is 0.112. The fourth-order valence-electron chi connectivity index (χ4n) is 2.08. The van der Waals surface area contributed by atoms with E-state index in [2.05, 4.69) is 0 Å². The van der Waals surface area contributed by atoms with Crippen LogP contribution in [0.5, 0.6) is 11.5 Å². The zero-order valence-corrected chi connectivity index (χ0v) is 10.5. The molecule has 0 spiro atoms.